The average Bonchev–Trinajstić information content (AvgIpc) is 2.96. The Bertz CT molecular complexity index is 1400. The Hall–Kier alpha value is -4.30. The van der Waals surface area contributed by atoms with Crippen LogP contribution in [0.1, 0.15) is 11.1 Å². The Kier molecular flexibility index (Phi) is 8.66. The first-order valence-electron chi connectivity index (χ1n) is 12.1. The van der Waals surface area contributed by atoms with Crippen LogP contribution in [-0.2, 0) is 27.9 Å². The Morgan fingerprint density at radius 3 is 1.68 bits per heavy atom. The van der Waals surface area contributed by atoms with Crippen LogP contribution in [0.25, 0.3) is 0 Å². The fourth-order valence-corrected chi connectivity index (χ4v) is 5.50. The normalized spacial score (nSPS) is 11.0. The number of hydrogen-bond acceptors (Lipinski definition) is 5. The third-order valence-electron chi connectivity index (χ3n) is 6.05. The van der Waals surface area contributed by atoms with Crippen molar-refractivity contribution in [3.8, 4) is 11.5 Å². The minimum absolute atomic E-state index is 0.0836. The summed E-state index contributed by atoms with van der Waals surface area (Å²) in [7, 11) is -1.10. The highest BCUT2D eigenvalue weighted by molar-refractivity contribution is 7.92. The number of anilines is 1. The van der Waals surface area contributed by atoms with Crippen LogP contribution < -0.4 is 13.8 Å². The molecule has 0 saturated heterocycles. The third kappa shape index (κ3) is 6.33. The van der Waals surface area contributed by atoms with Gasteiger partial charge in [0, 0.05) is 19.2 Å². The SMILES string of the molecule is COc1ccc(N(CC(=O)N(Cc2ccccc2)Cc2ccccc2)S(=O)(=O)c2ccccc2)cc1OC. The molecular formula is C30H30N2O5S. The fourth-order valence-electron chi connectivity index (χ4n) is 4.08. The molecule has 0 aromatic heterocycles. The van der Waals surface area contributed by atoms with E-state index in [1.165, 1.54) is 26.4 Å². The van der Waals surface area contributed by atoms with Gasteiger partial charge in [0.2, 0.25) is 5.91 Å². The summed E-state index contributed by atoms with van der Waals surface area (Å²) in [4.78, 5) is 15.6. The molecule has 38 heavy (non-hydrogen) atoms. The summed E-state index contributed by atoms with van der Waals surface area (Å²) < 4.78 is 39.5. The molecule has 196 valence electrons. The molecule has 0 aliphatic rings. The van der Waals surface area contributed by atoms with Gasteiger partial charge in [0.05, 0.1) is 24.8 Å². The van der Waals surface area contributed by atoms with Gasteiger partial charge >= 0.3 is 0 Å². The molecule has 0 heterocycles. The van der Waals surface area contributed by atoms with Gasteiger partial charge in [-0.15, -0.1) is 0 Å². The van der Waals surface area contributed by atoms with E-state index in [-0.39, 0.29) is 10.8 Å². The maximum absolute atomic E-state index is 13.9. The Morgan fingerprint density at radius 2 is 1.18 bits per heavy atom. The molecule has 0 radical (unpaired) electrons. The lowest BCUT2D eigenvalue weighted by atomic mass is 10.1. The number of nitrogens with zero attached hydrogens (tertiary/aromatic N) is 2. The quantitative estimate of drug-likeness (QED) is 0.269. The first-order valence-corrected chi connectivity index (χ1v) is 13.5. The summed E-state index contributed by atoms with van der Waals surface area (Å²) in [6, 6.07) is 32.1. The second-order valence-corrected chi connectivity index (χ2v) is 10.4. The molecule has 0 atom stereocenters. The lowest BCUT2D eigenvalue weighted by Gasteiger charge is -2.29. The summed E-state index contributed by atoms with van der Waals surface area (Å²) in [5, 5.41) is 0. The number of carbonyl (C=O) groups excluding carboxylic acids is 1. The van der Waals surface area contributed by atoms with Crippen LogP contribution in [0, 0.1) is 0 Å². The molecule has 0 aliphatic heterocycles. The van der Waals surface area contributed by atoms with Crippen molar-refractivity contribution in [2.45, 2.75) is 18.0 Å². The highest BCUT2D eigenvalue weighted by Crippen LogP contribution is 2.34. The first-order chi connectivity index (χ1) is 18.4. The van der Waals surface area contributed by atoms with Crippen LogP contribution in [-0.4, -0.2) is 40.0 Å². The van der Waals surface area contributed by atoms with E-state index in [9.17, 15) is 13.2 Å². The van der Waals surface area contributed by atoms with E-state index in [4.69, 9.17) is 9.47 Å². The van der Waals surface area contributed by atoms with E-state index in [1.54, 1.807) is 41.3 Å². The molecule has 7 nitrogen and oxygen atoms in total. The van der Waals surface area contributed by atoms with Crippen molar-refractivity contribution >= 4 is 21.6 Å². The second-order valence-electron chi connectivity index (χ2n) is 8.59. The van der Waals surface area contributed by atoms with Crippen LogP contribution in [0.5, 0.6) is 11.5 Å². The summed E-state index contributed by atoms with van der Waals surface area (Å²) in [6.45, 7) is 0.270. The lowest BCUT2D eigenvalue weighted by molar-refractivity contribution is -0.130. The van der Waals surface area contributed by atoms with Crippen molar-refractivity contribution in [1.29, 1.82) is 0 Å². The van der Waals surface area contributed by atoms with E-state index in [0.717, 1.165) is 15.4 Å². The molecule has 4 rings (SSSR count). The number of ether oxygens (including phenoxy) is 2. The predicted molar refractivity (Wildman–Crippen MR) is 148 cm³/mol. The molecule has 0 fully saturated rings. The molecule has 1 amide bonds. The maximum atomic E-state index is 13.9. The average molecular weight is 531 g/mol. The van der Waals surface area contributed by atoms with Gasteiger partial charge in [-0.3, -0.25) is 9.10 Å². The van der Waals surface area contributed by atoms with Crippen LogP contribution in [0.3, 0.4) is 0 Å². The molecule has 8 heteroatoms. The van der Waals surface area contributed by atoms with Crippen molar-refractivity contribution in [3.05, 3.63) is 120 Å². The van der Waals surface area contributed by atoms with Crippen molar-refractivity contribution < 1.29 is 22.7 Å². The van der Waals surface area contributed by atoms with Gasteiger partial charge in [-0.25, -0.2) is 8.42 Å². The lowest BCUT2D eigenvalue weighted by Crippen LogP contribution is -2.42. The number of rotatable bonds is 11. The topological polar surface area (TPSA) is 76.2 Å². The minimum Gasteiger partial charge on any atom is -0.493 e. The smallest absolute Gasteiger partial charge is 0.264 e. The van der Waals surface area contributed by atoms with Gasteiger partial charge in [-0.2, -0.15) is 0 Å². The summed E-state index contributed by atoms with van der Waals surface area (Å²) in [5.74, 6) is 0.470. The molecule has 0 bridgehead atoms. The highest BCUT2D eigenvalue weighted by atomic mass is 32.2. The van der Waals surface area contributed by atoms with Crippen molar-refractivity contribution in [2.24, 2.45) is 0 Å². The number of sulfonamides is 1. The molecule has 0 N–H and O–H groups in total. The molecular weight excluding hydrogens is 500 g/mol. The van der Waals surface area contributed by atoms with Gasteiger partial charge in [-0.1, -0.05) is 78.9 Å². The molecule has 4 aromatic carbocycles. The van der Waals surface area contributed by atoms with Crippen LogP contribution in [0.15, 0.2) is 114 Å². The van der Waals surface area contributed by atoms with Crippen molar-refractivity contribution in [2.75, 3.05) is 25.1 Å². The highest BCUT2D eigenvalue weighted by Gasteiger charge is 2.30. The van der Waals surface area contributed by atoms with Gasteiger partial charge < -0.3 is 14.4 Å². The largest absolute Gasteiger partial charge is 0.493 e. The number of carbonyl (C=O) groups is 1. The zero-order chi connectivity index (χ0) is 27.0. The van der Waals surface area contributed by atoms with Gasteiger partial charge in [0.25, 0.3) is 10.0 Å². The zero-order valence-electron chi connectivity index (χ0n) is 21.4. The third-order valence-corrected chi connectivity index (χ3v) is 7.84. The van der Waals surface area contributed by atoms with Crippen LogP contribution in [0.4, 0.5) is 5.69 Å². The first kappa shape index (κ1) is 26.8. The van der Waals surface area contributed by atoms with E-state index in [0.29, 0.717) is 30.3 Å². The van der Waals surface area contributed by atoms with Gasteiger partial charge in [-0.05, 0) is 35.4 Å². The molecule has 4 aromatic rings. The summed E-state index contributed by atoms with van der Waals surface area (Å²) in [5.41, 5.74) is 2.18. The zero-order valence-corrected chi connectivity index (χ0v) is 22.2. The van der Waals surface area contributed by atoms with Gasteiger partial charge in [0.1, 0.15) is 6.54 Å². The maximum Gasteiger partial charge on any atom is 0.264 e. The molecule has 0 saturated carbocycles. The van der Waals surface area contributed by atoms with E-state index in [2.05, 4.69) is 0 Å². The van der Waals surface area contributed by atoms with Crippen molar-refractivity contribution in [3.63, 3.8) is 0 Å². The van der Waals surface area contributed by atoms with E-state index < -0.39 is 16.6 Å². The predicted octanol–water partition coefficient (Wildman–Crippen LogP) is 5.13. The Labute approximate surface area is 223 Å². The van der Waals surface area contributed by atoms with Crippen LogP contribution in [0.2, 0.25) is 0 Å². The summed E-state index contributed by atoms with van der Waals surface area (Å²) in [6.07, 6.45) is 0. The molecule has 0 unspecified atom stereocenters. The number of amides is 1. The van der Waals surface area contributed by atoms with E-state index >= 15 is 0 Å². The molecule has 0 aliphatic carbocycles. The number of hydrogen-bond donors (Lipinski definition) is 0. The fraction of sp³-hybridized carbons (Fsp3) is 0.167. The molecule has 0 spiro atoms. The van der Waals surface area contributed by atoms with Crippen LogP contribution >= 0.6 is 0 Å². The second kappa shape index (κ2) is 12.3. The Balaban J connectivity index is 1.73. The standard InChI is InChI=1S/C30H30N2O5S/c1-36-28-19-18-26(20-29(28)37-2)32(38(34,35)27-16-10-5-11-17-27)23-30(33)31(21-24-12-6-3-7-13-24)22-25-14-8-4-9-15-25/h3-20H,21-23H2,1-2H3. The number of benzene rings is 4. The minimum atomic E-state index is -4.08. The summed E-state index contributed by atoms with van der Waals surface area (Å²) >= 11 is 0. The van der Waals surface area contributed by atoms with Crippen molar-refractivity contribution in [1.82, 2.24) is 4.90 Å². The Morgan fingerprint density at radius 1 is 0.684 bits per heavy atom. The van der Waals surface area contributed by atoms with E-state index in [1.807, 2.05) is 60.7 Å². The monoisotopic (exact) mass is 530 g/mol. The van der Waals surface area contributed by atoms with Gasteiger partial charge in [0.15, 0.2) is 11.5 Å². The number of methoxy groups -OCH3 is 2.